The first-order chi connectivity index (χ1) is 41.0. The summed E-state index contributed by atoms with van der Waals surface area (Å²) in [6.07, 6.45) is 7.03. The van der Waals surface area contributed by atoms with Gasteiger partial charge in [0.2, 0.25) is 0 Å². The molecule has 3 aliphatic carbocycles. The van der Waals surface area contributed by atoms with E-state index in [1.165, 1.54) is 160 Å². The Balaban J connectivity index is 1.07. The summed E-state index contributed by atoms with van der Waals surface area (Å²) >= 11 is 3.89. The van der Waals surface area contributed by atoms with Gasteiger partial charge in [-0.3, -0.25) is 0 Å². The molecular formula is C80H78BN3S2. The molecule has 6 aliphatic rings. The fraction of sp³-hybridized carbons (Fsp3) is 0.325. The fourth-order valence-electron chi connectivity index (χ4n) is 18.1. The van der Waals surface area contributed by atoms with E-state index >= 15 is 0 Å². The van der Waals surface area contributed by atoms with Crippen molar-refractivity contribution in [2.45, 2.75) is 167 Å². The summed E-state index contributed by atoms with van der Waals surface area (Å²) in [6.45, 7) is 32.4. The molecule has 86 heavy (non-hydrogen) atoms. The lowest BCUT2D eigenvalue weighted by molar-refractivity contribution is 0.195. The van der Waals surface area contributed by atoms with Crippen LogP contribution in [0.4, 0.5) is 45.5 Å². The molecule has 17 rings (SSSR count). The Morgan fingerprint density at radius 2 is 0.942 bits per heavy atom. The van der Waals surface area contributed by atoms with Crippen molar-refractivity contribution in [1.82, 2.24) is 0 Å². The van der Waals surface area contributed by atoms with Crippen molar-refractivity contribution in [3.63, 3.8) is 0 Å². The second kappa shape index (κ2) is 17.4. The van der Waals surface area contributed by atoms with Gasteiger partial charge in [-0.2, -0.15) is 0 Å². The molecular weight excluding hydrogens is 1080 g/mol. The summed E-state index contributed by atoms with van der Waals surface area (Å²) in [5.41, 5.74) is 25.4. The average Bonchev–Trinajstić information content (AvgIpc) is 0.937. The Morgan fingerprint density at radius 1 is 0.407 bits per heavy atom. The number of rotatable bonds is 3. The van der Waals surface area contributed by atoms with Crippen molar-refractivity contribution in [3.05, 3.63) is 208 Å². The molecule has 2 atom stereocenters. The molecule has 2 aromatic heterocycles. The third kappa shape index (κ3) is 6.87. The molecule has 0 saturated heterocycles. The van der Waals surface area contributed by atoms with Crippen LogP contribution in [0.1, 0.15) is 173 Å². The first kappa shape index (κ1) is 53.2. The maximum absolute atomic E-state index is 2.88. The lowest BCUT2D eigenvalue weighted by atomic mass is 9.32. The maximum atomic E-state index is 2.88. The van der Waals surface area contributed by atoms with Crippen molar-refractivity contribution >= 4 is 132 Å². The Hall–Kier alpha value is -7.12. The molecule has 9 aromatic carbocycles. The van der Waals surface area contributed by atoms with Gasteiger partial charge in [0, 0.05) is 86.0 Å². The van der Waals surface area contributed by atoms with Gasteiger partial charge in [0.25, 0.3) is 6.71 Å². The number of fused-ring (bicyclic) bond motifs is 16. The average molecular weight is 1160 g/mol. The Bertz CT molecular complexity index is 4790. The van der Waals surface area contributed by atoms with Crippen LogP contribution in [0.3, 0.4) is 0 Å². The molecule has 428 valence electrons. The molecule has 3 aliphatic heterocycles. The molecule has 2 unspecified atom stereocenters. The van der Waals surface area contributed by atoms with E-state index in [0.717, 1.165) is 25.7 Å². The normalized spacial score (nSPS) is 21.6. The molecule has 3 nitrogen and oxygen atoms in total. The largest absolute Gasteiger partial charge is 0.334 e. The van der Waals surface area contributed by atoms with Crippen molar-refractivity contribution < 1.29 is 0 Å². The van der Waals surface area contributed by atoms with Gasteiger partial charge in [0.15, 0.2) is 0 Å². The number of benzene rings is 9. The van der Waals surface area contributed by atoms with E-state index in [4.69, 9.17) is 0 Å². The predicted octanol–water partition coefficient (Wildman–Crippen LogP) is 20.9. The molecule has 1 saturated carbocycles. The third-order valence-corrected chi connectivity index (χ3v) is 25.6. The van der Waals surface area contributed by atoms with Gasteiger partial charge in [-0.05, 0) is 170 Å². The summed E-state index contributed by atoms with van der Waals surface area (Å²) in [4.78, 5) is 8.49. The Morgan fingerprint density at radius 3 is 1.63 bits per heavy atom. The van der Waals surface area contributed by atoms with Crippen LogP contribution in [-0.2, 0) is 32.5 Å². The third-order valence-electron chi connectivity index (χ3n) is 23.3. The summed E-state index contributed by atoms with van der Waals surface area (Å²) < 4.78 is 5.31. The number of hydrogen-bond donors (Lipinski definition) is 0. The van der Waals surface area contributed by atoms with Gasteiger partial charge in [-0.1, -0.05) is 199 Å². The predicted molar refractivity (Wildman–Crippen MR) is 374 cm³/mol. The summed E-state index contributed by atoms with van der Waals surface area (Å²) in [5.74, 6) is 0. The van der Waals surface area contributed by atoms with Crippen LogP contribution in [-0.4, -0.2) is 12.3 Å². The summed E-state index contributed by atoms with van der Waals surface area (Å²) in [7, 11) is 0. The topological polar surface area (TPSA) is 9.72 Å². The Kier molecular flexibility index (Phi) is 10.7. The van der Waals surface area contributed by atoms with E-state index in [9.17, 15) is 0 Å². The first-order valence-corrected chi connectivity index (χ1v) is 33.7. The molecule has 5 heterocycles. The van der Waals surface area contributed by atoms with Gasteiger partial charge < -0.3 is 14.7 Å². The highest BCUT2D eigenvalue weighted by molar-refractivity contribution is 7.26. The molecule has 0 radical (unpaired) electrons. The van der Waals surface area contributed by atoms with Gasteiger partial charge in [-0.15, -0.1) is 22.7 Å². The van der Waals surface area contributed by atoms with Gasteiger partial charge in [0.1, 0.15) is 0 Å². The zero-order valence-electron chi connectivity index (χ0n) is 52.6. The van der Waals surface area contributed by atoms with Gasteiger partial charge >= 0.3 is 0 Å². The van der Waals surface area contributed by atoms with Crippen LogP contribution in [0.15, 0.2) is 164 Å². The number of thiophene rings is 2. The standard InChI is InChI=1S/C80H78BN3S2/c1-74(2,3)47-34-35-61-58(40-47)79(12)36-20-21-37-80(79,13)84(61)48-41-66-72-67(42-48)83(63-30-22-26-50-49-24-14-18-31-68(49)86-73(50)63)64-45-55-54(75(4,5)38-39-76(55,6)7)43-59(64)81(72)60-44-56-57(78(10,11)53-28-17-16-27-52(53)77(56,8)9)46-65(60)82(66)62-29-23-33-70-71(62)51-25-15-19-32-69(51)85-70/h14-19,22-35,40-46H,20-21,36-39H2,1-13H3. The summed E-state index contributed by atoms with van der Waals surface area (Å²) in [6, 6.07) is 65.9. The molecule has 1 fully saturated rings. The lowest BCUT2D eigenvalue weighted by Gasteiger charge is -2.52. The van der Waals surface area contributed by atoms with E-state index in [1.807, 2.05) is 22.7 Å². The van der Waals surface area contributed by atoms with Crippen molar-refractivity contribution in [1.29, 1.82) is 0 Å². The number of nitrogens with zero attached hydrogens (tertiary/aromatic N) is 3. The SMILES string of the molecule is CC(C)(C)c1ccc2c(c1)C1(C)CCCCC1(C)N2c1cc2c3c(c1)N(c1cccc4sc5ccccc5c14)c1cc4c(cc1B3c1cc3c(cc1N2c1cccc2c1sc1ccccc12)C(C)(C)CCC3(C)C)C(C)(C)c1ccccc1C4(C)C. The highest BCUT2D eigenvalue weighted by Crippen LogP contribution is 2.63. The molecule has 0 bridgehead atoms. The van der Waals surface area contributed by atoms with Crippen molar-refractivity contribution in [2.75, 3.05) is 14.7 Å². The monoisotopic (exact) mass is 1160 g/mol. The van der Waals surface area contributed by atoms with Crippen LogP contribution >= 0.6 is 22.7 Å². The molecule has 0 spiro atoms. The van der Waals surface area contributed by atoms with E-state index < -0.39 is 0 Å². The Labute approximate surface area is 517 Å². The molecule has 11 aromatic rings. The smallest absolute Gasteiger partial charge is 0.252 e. The van der Waals surface area contributed by atoms with E-state index in [0.29, 0.717) is 0 Å². The second-order valence-corrected chi connectivity index (χ2v) is 32.7. The van der Waals surface area contributed by atoms with E-state index in [-0.39, 0.29) is 44.7 Å². The first-order valence-electron chi connectivity index (χ1n) is 32.0. The number of hydrogen-bond acceptors (Lipinski definition) is 5. The van der Waals surface area contributed by atoms with Crippen LogP contribution in [0.25, 0.3) is 40.3 Å². The van der Waals surface area contributed by atoms with Crippen LogP contribution in [0.5, 0.6) is 0 Å². The maximum Gasteiger partial charge on any atom is 0.252 e. The van der Waals surface area contributed by atoms with E-state index in [2.05, 4.69) is 269 Å². The van der Waals surface area contributed by atoms with Crippen LogP contribution in [0, 0.1) is 0 Å². The van der Waals surface area contributed by atoms with Crippen molar-refractivity contribution in [3.8, 4) is 0 Å². The van der Waals surface area contributed by atoms with Gasteiger partial charge in [-0.25, -0.2) is 0 Å². The van der Waals surface area contributed by atoms with Crippen LogP contribution in [0.2, 0.25) is 0 Å². The van der Waals surface area contributed by atoms with Crippen LogP contribution < -0.4 is 31.1 Å². The van der Waals surface area contributed by atoms with Crippen molar-refractivity contribution in [2.24, 2.45) is 0 Å². The highest BCUT2D eigenvalue weighted by atomic mass is 32.1. The number of anilines is 8. The summed E-state index contributed by atoms with van der Waals surface area (Å²) in [5, 5.41) is 5.30. The molecule has 0 amide bonds. The van der Waals surface area contributed by atoms with E-state index in [1.54, 1.807) is 0 Å². The minimum absolute atomic E-state index is 0.00792. The zero-order valence-corrected chi connectivity index (χ0v) is 54.2. The zero-order chi connectivity index (χ0) is 59.1. The minimum atomic E-state index is -0.263. The minimum Gasteiger partial charge on any atom is -0.334 e. The highest BCUT2D eigenvalue weighted by Gasteiger charge is 2.59. The fourth-order valence-corrected chi connectivity index (χ4v) is 20.4. The molecule has 0 N–H and O–H groups in total. The lowest BCUT2D eigenvalue weighted by Crippen LogP contribution is -2.62. The molecule has 6 heteroatoms. The van der Waals surface area contributed by atoms with Gasteiger partial charge in [0.05, 0.1) is 21.6 Å². The second-order valence-electron chi connectivity index (χ2n) is 30.6. The quantitative estimate of drug-likeness (QED) is 0.163.